The molecule has 1 unspecified atom stereocenters. The second-order valence-electron chi connectivity index (χ2n) is 13.4. The van der Waals surface area contributed by atoms with Gasteiger partial charge in [0.05, 0.1) is 5.41 Å². The summed E-state index contributed by atoms with van der Waals surface area (Å²) >= 11 is 12.4. The molecular formula is C35H42Cl2F2N4O4. The van der Waals surface area contributed by atoms with Crippen molar-refractivity contribution in [1.29, 1.82) is 0 Å². The Bertz CT molecular complexity index is 1730. The van der Waals surface area contributed by atoms with Crippen LogP contribution in [0.3, 0.4) is 0 Å². The topological polar surface area (TPSA) is 96.1 Å². The molecule has 0 aliphatic heterocycles. The van der Waals surface area contributed by atoms with E-state index in [-0.39, 0.29) is 0 Å². The molecule has 0 radical (unpaired) electrons. The summed E-state index contributed by atoms with van der Waals surface area (Å²) in [5.41, 5.74) is -0.194. The van der Waals surface area contributed by atoms with Crippen molar-refractivity contribution in [3.8, 4) is 0 Å². The second-order valence-corrected chi connectivity index (χ2v) is 14.2. The summed E-state index contributed by atoms with van der Waals surface area (Å²) < 4.78 is 41.4. The van der Waals surface area contributed by atoms with E-state index in [1.54, 1.807) is 40.3 Å². The molecule has 47 heavy (non-hydrogen) atoms. The smallest absolute Gasteiger partial charge is 0.296 e. The summed E-state index contributed by atoms with van der Waals surface area (Å²) in [6.07, 6.45) is 11.6. The fourth-order valence-electron chi connectivity index (χ4n) is 7.15. The number of nitrogens with zero attached hydrogens (tertiary/aromatic N) is 4. The highest BCUT2D eigenvalue weighted by Crippen LogP contribution is 2.37. The van der Waals surface area contributed by atoms with Gasteiger partial charge >= 0.3 is 11.5 Å². The molecule has 4 aromatic rings. The fraction of sp³-hybridized carbons (Fsp3) is 0.543. The molecule has 8 nitrogen and oxygen atoms in total. The molecule has 2 aliphatic rings. The molecule has 2 aromatic heterocycles. The predicted octanol–water partition coefficient (Wildman–Crippen LogP) is 8.90. The Kier molecular flexibility index (Phi) is 11.4. The van der Waals surface area contributed by atoms with Gasteiger partial charge in [-0.2, -0.15) is 0 Å². The van der Waals surface area contributed by atoms with Gasteiger partial charge in [-0.05, 0) is 75.6 Å². The van der Waals surface area contributed by atoms with E-state index in [0.29, 0.717) is 57.7 Å². The molecule has 0 N–H and O–H groups in total. The number of aromatic nitrogens is 4. The molecule has 2 heterocycles. The normalized spacial score (nSPS) is 16.9. The summed E-state index contributed by atoms with van der Waals surface area (Å²) in [5, 5.41) is 8.50. The van der Waals surface area contributed by atoms with Crippen LogP contribution in [0.25, 0.3) is 0 Å². The van der Waals surface area contributed by atoms with Gasteiger partial charge in [-0.1, -0.05) is 91.1 Å². The average molecular weight is 692 g/mol. The van der Waals surface area contributed by atoms with Crippen LogP contribution in [0.2, 0.25) is 10.0 Å². The van der Waals surface area contributed by atoms with Crippen LogP contribution < -0.4 is 11.5 Å². The zero-order chi connectivity index (χ0) is 33.7. The number of benzene rings is 2. The van der Waals surface area contributed by atoms with Gasteiger partial charge in [0.15, 0.2) is 11.6 Å². The summed E-state index contributed by atoms with van der Waals surface area (Å²) in [4.78, 5) is 24.2. The first-order valence-electron chi connectivity index (χ1n) is 16.5. The van der Waals surface area contributed by atoms with Crippen molar-refractivity contribution in [3.05, 3.63) is 102 Å². The monoisotopic (exact) mass is 690 g/mol. The number of rotatable bonds is 8. The summed E-state index contributed by atoms with van der Waals surface area (Å²) in [6.45, 7) is 6.55. The minimum absolute atomic E-state index is 0.319. The van der Waals surface area contributed by atoms with Crippen molar-refractivity contribution in [2.75, 3.05) is 0 Å². The largest absolute Gasteiger partial charge is 0.441 e. The molecule has 0 saturated heterocycles. The minimum atomic E-state index is -0.872. The van der Waals surface area contributed by atoms with Crippen LogP contribution in [0, 0.1) is 23.5 Å². The van der Waals surface area contributed by atoms with Crippen molar-refractivity contribution in [3.63, 3.8) is 0 Å². The molecule has 0 spiro atoms. The number of hydrogen-bond donors (Lipinski definition) is 0. The maximum absolute atomic E-state index is 14.4. The first kappa shape index (κ1) is 35.1. The second kappa shape index (κ2) is 15.3. The molecule has 2 fully saturated rings. The summed E-state index contributed by atoms with van der Waals surface area (Å²) in [7, 11) is 0. The summed E-state index contributed by atoms with van der Waals surface area (Å²) in [5.74, 6) is -0.487. The zero-order valence-corrected chi connectivity index (χ0v) is 28.6. The van der Waals surface area contributed by atoms with Crippen LogP contribution in [0.4, 0.5) is 8.78 Å². The quantitative estimate of drug-likeness (QED) is 0.183. The van der Waals surface area contributed by atoms with Crippen LogP contribution in [0.15, 0.2) is 55.0 Å². The molecule has 1 atom stereocenters. The molecule has 254 valence electrons. The molecule has 2 aliphatic carbocycles. The van der Waals surface area contributed by atoms with E-state index < -0.39 is 34.5 Å². The third-order valence-corrected chi connectivity index (χ3v) is 10.3. The minimum Gasteiger partial charge on any atom is -0.296 e. The van der Waals surface area contributed by atoms with Crippen molar-refractivity contribution in [1.82, 2.24) is 19.4 Å². The molecule has 0 bridgehead atoms. The Morgan fingerprint density at radius 2 is 1.30 bits per heavy atom. The Morgan fingerprint density at radius 1 is 0.787 bits per heavy atom. The Hall–Kier alpha value is -3.24. The van der Waals surface area contributed by atoms with Gasteiger partial charge in [-0.3, -0.25) is 18.2 Å². The van der Waals surface area contributed by atoms with Crippen molar-refractivity contribution in [2.24, 2.45) is 11.8 Å². The van der Waals surface area contributed by atoms with Crippen LogP contribution in [-0.2, 0) is 18.5 Å². The van der Waals surface area contributed by atoms with Crippen molar-refractivity contribution >= 4 is 23.2 Å². The first-order valence-corrected chi connectivity index (χ1v) is 17.3. The lowest BCUT2D eigenvalue weighted by atomic mass is 9.82. The Labute approximate surface area is 283 Å². The fourth-order valence-corrected chi connectivity index (χ4v) is 7.88. The SMILES string of the molecule is CC(C)(c1c(F)cccc1Cl)c1noc(=O)n1CC1CCCCC1.CC(c1c(F)cccc1Cl)c1noc(=O)n1CC1CCCCC1. The highest BCUT2D eigenvalue weighted by molar-refractivity contribution is 6.31. The standard InChI is InChI=1S/C18H22ClFN2O2.C17H20ClFN2O2/c1-18(2,15-13(19)9-6-10-14(15)20)16-21-24-17(23)22(16)11-12-7-4-3-5-8-12;1-11(15-13(18)8-5-9-14(15)19)16-20-23-17(22)21(16)10-12-6-3-2-4-7-12/h6,9-10,12H,3-5,7-8,11H2,1-2H3;5,8-9,11-12H,2-4,6-7,10H2,1H3. The van der Waals surface area contributed by atoms with E-state index in [1.165, 1.54) is 50.7 Å². The van der Waals surface area contributed by atoms with E-state index in [0.717, 1.165) is 25.7 Å². The van der Waals surface area contributed by atoms with Crippen LogP contribution in [0.5, 0.6) is 0 Å². The van der Waals surface area contributed by atoms with Gasteiger partial charge in [0.2, 0.25) is 0 Å². The maximum Gasteiger partial charge on any atom is 0.441 e. The zero-order valence-electron chi connectivity index (χ0n) is 27.1. The lowest BCUT2D eigenvalue weighted by Gasteiger charge is -2.27. The van der Waals surface area contributed by atoms with E-state index in [9.17, 15) is 18.4 Å². The lowest BCUT2D eigenvalue weighted by molar-refractivity contribution is 0.301. The average Bonchev–Trinajstić information content (AvgIpc) is 3.60. The van der Waals surface area contributed by atoms with Crippen LogP contribution in [0.1, 0.15) is 114 Å². The molecule has 6 rings (SSSR count). The Balaban J connectivity index is 0.000000185. The first-order chi connectivity index (χ1) is 22.5. The number of hydrogen-bond acceptors (Lipinski definition) is 6. The molecular weight excluding hydrogens is 649 g/mol. The number of halogens is 4. The van der Waals surface area contributed by atoms with Gasteiger partial charge in [0.25, 0.3) is 0 Å². The molecule has 2 saturated carbocycles. The lowest BCUT2D eigenvalue weighted by Crippen LogP contribution is -2.31. The summed E-state index contributed by atoms with van der Waals surface area (Å²) in [6, 6.07) is 9.14. The Morgan fingerprint density at radius 3 is 1.87 bits per heavy atom. The molecule has 0 amide bonds. The van der Waals surface area contributed by atoms with Crippen LogP contribution in [-0.4, -0.2) is 19.4 Å². The third-order valence-electron chi connectivity index (χ3n) is 9.70. The van der Waals surface area contributed by atoms with E-state index in [4.69, 9.17) is 32.2 Å². The van der Waals surface area contributed by atoms with Gasteiger partial charge < -0.3 is 0 Å². The van der Waals surface area contributed by atoms with E-state index >= 15 is 0 Å². The van der Waals surface area contributed by atoms with Crippen molar-refractivity contribution in [2.45, 2.75) is 109 Å². The maximum atomic E-state index is 14.4. The van der Waals surface area contributed by atoms with Gasteiger partial charge in [0, 0.05) is 40.2 Å². The third kappa shape index (κ3) is 7.91. The highest BCUT2D eigenvalue weighted by atomic mass is 35.5. The van der Waals surface area contributed by atoms with Gasteiger partial charge in [0.1, 0.15) is 11.6 Å². The predicted molar refractivity (Wildman–Crippen MR) is 177 cm³/mol. The molecule has 12 heteroatoms. The highest BCUT2D eigenvalue weighted by Gasteiger charge is 2.36. The van der Waals surface area contributed by atoms with Gasteiger partial charge in [-0.15, -0.1) is 0 Å². The van der Waals surface area contributed by atoms with E-state index in [2.05, 4.69) is 10.3 Å². The van der Waals surface area contributed by atoms with E-state index in [1.807, 2.05) is 13.8 Å². The molecule has 2 aromatic carbocycles. The van der Waals surface area contributed by atoms with Crippen LogP contribution >= 0.6 is 23.2 Å². The van der Waals surface area contributed by atoms with Gasteiger partial charge in [-0.25, -0.2) is 18.4 Å². The van der Waals surface area contributed by atoms with Crippen molar-refractivity contribution < 1.29 is 17.8 Å².